The Morgan fingerprint density at radius 2 is 2.00 bits per heavy atom. The average Bonchev–Trinajstić information content (AvgIpc) is 2.98. The van der Waals surface area contributed by atoms with E-state index in [1.165, 1.54) is 0 Å². The molecule has 2 aromatic rings. The maximum Gasteiger partial charge on any atom is 0.255 e. The van der Waals surface area contributed by atoms with Crippen molar-refractivity contribution in [1.82, 2.24) is 20.4 Å². The van der Waals surface area contributed by atoms with Crippen LogP contribution >= 0.6 is 11.6 Å². The molecule has 0 bridgehead atoms. The third-order valence-electron chi connectivity index (χ3n) is 3.90. The summed E-state index contributed by atoms with van der Waals surface area (Å²) in [4.78, 5) is 12.8. The van der Waals surface area contributed by atoms with Crippen molar-refractivity contribution in [3.63, 3.8) is 0 Å². The number of amides is 1. The van der Waals surface area contributed by atoms with Gasteiger partial charge in [-0.1, -0.05) is 36.7 Å². The van der Waals surface area contributed by atoms with Crippen LogP contribution in [-0.4, -0.2) is 34.8 Å². The molecule has 1 aromatic heterocycles. The molecule has 5 nitrogen and oxygen atoms in total. The number of nitrogens with one attached hydrogen (secondary N) is 2. The number of aromatic nitrogens is 2. The van der Waals surface area contributed by atoms with Gasteiger partial charge in [0.05, 0.1) is 16.1 Å². The van der Waals surface area contributed by atoms with Crippen molar-refractivity contribution < 1.29 is 4.79 Å². The summed E-state index contributed by atoms with van der Waals surface area (Å²) >= 11 is 6.34. The van der Waals surface area contributed by atoms with Crippen molar-refractivity contribution in [3.8, 4) is 11.3 Å². The number of halogens is 1. The maximum atomic E-state index is 12.8. The molecule has 1 aromatic carbocycles. The minimum absolute atomic E-state index is 0.143. The van der Waals surface area contributed by atoms with E-state index in [9.17, 15) is 4.79 Å². The summed E-state index contributed by atoms with van der Waals surface area (Å²) < 4.78 is 1.81. The van der Waals surface area contributed by atoms with E-state index in [1.807, 2.05) is 63.6 Å². The third kappa shape index (κ3) is 4.83. The molecular formula is C19H27ClN4O. The Morgan fingerprint density at radius 3 is 2.60 bits per heavy atom. The van der Waals surface area contributed by atoms with E-state index in [1.54, 1.807) is 6.20 Å². The average molecular weight is 363 g/mol. The number of nitrogens with zero attached hydrogens (tertiary/aromatic N) is 2. The summed E-state index contributed by atoms with van der Waals surface area (Å²) in [6, 6.07) is 7.66. The van der Waals surface area contributed by atoms with Crippen molar-refractivity contribution in [2.45, 2.75) is 46.2 Å². The quantitative estimate of drug-likeness (QED) is 0.824. The van der Waals surface area contributed by atoms with E-state index in [-0.39, 0.29) is 17.5 Å². The van der Waals surface area contributed by atoms with Gasteiger partial charge in [0.15, 0.2) is 0 Å². The second-order valence-electron chi connectivity index (χ2n) is 7.16. The summed E-state index contributed by atoms with van der Waals surface area (Å²) in [7, 11) is 0. The second-order valence-corrected chi connectivity index (χ2v) is 7.56. The fraction of sp³-hybridized carbons (Fsp3) is 0.474. The van der Waals surface area contributed by atoms with Gasteiger partial charge < -0.3 is 10.6 Å². The number of hydrogen-bond acceptors (Lipinski definition) is 3. The van der Waals surface area contributed by atoms with Crippen molar-refractivity contribution in [2.24, 2.45) is 0 Å². The first kappa shape index (κ1) is 19.5. The zero-order valence-electron chi connectivity index (χ0n) is 15.6. The van der Waals surface area contributed by atoms with Gasteiger partial charge in [0.2, 0.25) is 0 Å². The van der Waals surface area contributed by atoms with Gasteiger partial charge >= 0.3 is 0 Å². The van der Waals surface area contributed by atoms with Gasteiger partial charge in [-0.05, 0) is 40.3 Å². The second kappa shape index (κ2) is 8.02. The van der Waals surface area contributed by atoms with Gasteiger partial charge in [0.1, 0.15) is 5.69 Å². The molecule has 0 saturated heterocycles. The van der Waals surface area contributed by atoms with Crippen LogP contribution in [0.25, 0.3) is 11.3 Å². The lowest BCUT2D eigenvalue weighted by molar-refractivity contribution is 0.0950. The summed E-state index contributed by atoms with van der Waals surface area (Å²) in [5, 5.41) is 11.5. The Bertz CT molecular complexity index is 733. The van der Waals surface area contributed by atoms with E-state index < -0.39 is 0 Å². The summed E-state index contributed by atoms with van der Waals surface area (Å²) in [5.41, 5.74) is 1.67. The lowest BCUT2D eigenvalue weighted by Crippen LogP contribution is -2.38. The molecular weight excluding hydrogens is 336 g/mol. The summed E-state index contributed by atoms with van der Waals surface area (Å²) in [6.45, 7) is 11.6. The molecule has 1 amide bonds. The topological polar surface area (TPSA) is 58.9 Å². The first-order valence-corrected chi connectivity index (χ1v) is 8.98. The minimum atomic E-state index is -0.231. The highest BCUT2D eigenvalue weighted by atomic mass is 35.5. The number of hydrogen-bond donors (Lipinski definition) is 2. The molecule has 0 fully saturated rings. The fourth-order valence-corrected chi connectivity index (χ4v) is 2.72. The standard InChI is InChI=1S/C19H27ClN4O/c1-6-21-13(2)11-22-18(25)15-12-24(19(3,4)5)23-17(15)14-9-7-8-10-16(14)20/h7-10,12-13,21H,6,11H2,1-5H3,(H,22,25)/t13-/m1/s1. The summed E-state index contributed by atoms with van der Waals surface area (Å²) in [6.07, 6.45) is 1.80. The molecule has 6 heteroatoms. The van der Waals surface area contributed by atoms with Crippen LogP contribution in [0.5, 0.6) is 0 Å². The molecule has 2 N–H and O–H groups in total. The molecule has 25 heavy (non-hydrogen) atoms. The van der Waals surface area contributed by atoms with Crippen molar-refractivity contribution in [3.05, 3.63) is 41.0 Å². The van der Waals surface area contributed by atoms with Crippen LogP contribution in [-0.2, 0) is 5.54 Å². The molecule has 1 heterocycles. The van der Waals surface area contributed by atoms with Crippen LogP contribution in [0.15, 0.2) is 30.5 Å². The molecule has 0 radical (unpaired) electrons. The van der Waals surface area contributed by atoms with E-state index in [2.05, 4.69) is 15.7 Å². The number of carbonyl (C=O) groups is 1. The third-order valence-corrected chi connectivity index (χ3v) is 4.23. The normalized spacial score (nSPS) is 12.9. The number of carbonyl (C=O) groups excluding carboxylic acids is 1. The van der Waals surface area contributed by atoms with Gasteiger partial charge in [-0.25, -0.2) is 0 Å². The lowest BCUT2D eigenvalue weighted by Gasteiger charge is -2.18. The molecule has 0 aliphatic heterocycles. The van der Waals surface area contributed by atoms with E-state index in [4.69, 9.17) is 11.6 Å². The smallest absolute Gasteiger partial charge is 0.255 e. The molecule has 136 valence electrons. The van der Waals surface area contributed by atoms with E-state index in [0.717, 1.165) is 12.1 Å². The van der Waals surface area contributed by atoms with Gasteiger partial charge in [-0.3, -0.25) is 9.48 Å². The highest BCUT2D eigenvalue weighted by molar-refractivity contribution is 6.33. The first-order valence-electron chi connectivity index (χ1n) is 8.60. The Labute approximate surface area is 154 Å². The zero-order chi connectivity index (χ0) is 18.6. The van der Waals surface area contributed by atoms with Crippen LogP contribution < -0.4 is 10.6 Å². The van der Waals surface area contributed by atoms with Gasteiger partial charge in [-0.15, -0.1) is 0 Å². The predicted octanol–water partition coefficient (Wildman–Crippen LogP) is 3.69. The lowest BCUT2D eigenvalue weighted by atomic mass is 10.1. The van der Waals surface area contributed by atoms with Crippen molar-refractivity contribution >= 4 is 17.5 Å². The van der Waals surface area contributed by atoms with Gasteiger partial charge in [0.25, 0.3) is 5.91 Å². The fourth-order valence-electron chi connectivity index (χ4n) is 2.50. The van der Waals surface area contributed by atoms with Crippen LogP contribution in [0.1, 0.15) is 45.0 Å². The van der Waals surface area contributed by atoms with Crippen molar-refractivity contribution in [1.29, 1.82) is 0 Å². The van der Waals surface area contributed by atoms with E-state index in [0.29, 0.717) is 22.8 Å². The maximum absolute atomic E-state index is 12.8. The minimum Gasteiger partial charge on any atom is -0.350 e. The molecule has 1 atom stereocenters. The summed E-state index contributed by atoms with van der Waals surface area (Å²) in [5.74, 6) is -0.143. The SMILES string of the molecule is CCN[C@H](C)CNC(=O)c1cn(C(C)(C)C)nc1-c1ccccc1Cl. The molecule has 0 aliphatic carbocycles. The van der Waals surface area contributed by atoms with Crippen LogP contribution in [0.4, 0.5) is 0 Å². The molecule has 0 aliphatic rings. The highest BCUT2D eigenvalue weighted by Crippen LogP contribution is 2.30. The van der Waals surface area contributed by atoms with Gasteiger partial charge in [0, 0.05) is 24.3 Å². The number of likely N-dealkylation sites (N-methyl/N-ethyl adjacent to an activating group) is 1. The van der Waals surface area contributed by atoms with Gasteiger partial charge in [-0.2, -0.15) is 5.10 Å². The highest BCUT2D eigenvalue weighted by Gasteiger charge is 2.24. The first-order chi connectivity index (χ1) is 11.7. The molecule has 2 rings (SSSR count). The monoisotopic (exact) mass is 362 g/mol. The molecule has 0 unspecified atom stereocenters. The number of rotatable bonds is 6. The largest absolute Gasteiger partial charge is 0.350 e. The Balaban J connectivity index is 2.37. The Morgan fingerprint density at radius 1 is 1.32 bits per heavy atom. The Kier molecular flexibility index (Phi) is 6.25. The molecule has 0 saturated carbocycles. The molecule has 0 spiro atoms. The number of benzene rings is 1. The van der Waals surface area contributed by atoms with Crippen LogP contribution in [0.2, 0.25) is 5.02 Å². The Hall–Kier alpha value is -1.85. The van der Waals surface area contributed by atoms with Crippen molar-refractivity contribution in [2.75, 3.05) is 13.1 Å². The predicted molar refractivity (Wildman–Crippen MR) is 103 cm³/mol. The van der Waals surface area contributed by atoms with E-state index >= 15 is 0 Å². The van der Waals surface area contributed by atoms with Crippen LogP contribution in [0, 0.1) is 0 Å². The zero-order valence-corrected chi connectivity index (χ0v) is 16.3. The van der Waals surface area contributed by atoms with Crippen LogP contribution in [0.3, 0.4) is 0 Å².